The molecule has 3 aliphatic rings. The summed E-state index contributed by atoms with van der Waals surface area (Å²) in [5.74, 6) is 1.80. The van der Waals surface area contributed by atoms with Crippen LogP contribution in [0.2, 0.25) is 0 Å². The number of fused-ring (bicyclic) bond motifs is 3. The summed E-state index contributed by atoms with van der Waals surface area (Å²) in [4.78, 5) is 13.4. The predicted molar refractivity (Wildman–Crippen MR) is 137 cm³/mol. The molecule has 1 aliphatic carbocycles. The molecule has 0 unspecified atom stereocenters. The van der Waals surface area contributed by atoms with Crippen molar-refractivity contribution in [2.75, 3.05) is 40.0 Å². The summed E-state index contributed by atoms with van der Waals surface area (Å²) < 4.78 is 45.1. The van der Waals surface area contributed by atoms with Crippen LogP contribution in [0.4, 0.5) is 6.01 Å². The normalized spacial score (nSPS) is 22.3. The highest BCUT2D eigenvalue weighted by Gasteiger charge is 2.53. The Hall–Kier alpha value is -4.87. The molecule has 1 saturated heterocycles. The molecule has 0 bridgehead atoms. The highest BCUT2D eigenvalue weighted by atomic mass is 16.7. The van der Waals surface area contributed by atoms with Crippen LogP contribution in [0.1, 0.15) is 28.7 Å². The molecule has 4 heterocycles. The molecule has 0 spiro atoms. The standard InChI is InChI=1S/C28H25N3O9/c1-33-20-7-13(8-21(34-2)25(20)35-3)22-14-9-18-19(39-12-38-18)10-15(14)24(16-11-37-27(32)23(16)22)29-28-31-30-26(40-28)17-5-4-6-36-17/h4-10,16,22-24H,11-12H2,1-3H3,(H,29,31)/t16-,22+,23-,24+/m0/s1. The zero-order valence-electron chi connectivity index (χ0n) is 21.8. The van der Waals surface area contributed by atoms with Gasteiger partial charge in [-0.05, 0) is 53.1 Å². The van der Waals surface area contributed by atoms with Crippen LogP contribution >= 0.6 is 0 Å². The van der Waals surface area contributed by atoms with Gasteiger partial charge < -0.3 is 42.6 Å². The number of furan rings is 1. The molecule has 206 valence electrons. The Balaban J connectivity index is 1.37. The molecule has 1 fully saturated rings. The van der Waals surface area contributed by atoms with Gasteiger partial charge >= 0.3 is 12.0 Å². The third kappa shape index (κ3) is 3.70. The van der Waals surface area contributed by atoms with Crippen molar-refractivity contribution in [2.45, 2.75) is 12.0 Å². The van der Waals surface area contributed by atoms with E-state index in [0.29, 0.717) is 34.5 Å². The number of anilines is 1. The number of ether oxygens (including phenoxy) is 6. The van der Waals surface area contributed by atoms with E-state index in [1.807, 2.05) is 24.3 Å². The third-order valence-electron chi connectivity index (χ3n) is 7.67. The Morgan fingerprint density at radius 2 is 1.68 bits per heavy atom. The largest absolute Gasteiger partial charge is 0.493 e. The summed E-state index contributed by atoms with van der Waals surface area (Å²) >= 11 is 0. The Bertz CT molecular complexity index is 1560. The second kappa shape index (κ2) is 9.40. The average molecular weight is 548 g/mol. The van der Waals surface area contributed by atoms with Gasteiger partial charge in [0.15, 0.2) is 28.8 Å². The second-order valence-corrected chi connectivity index (χ2v) is 9.60. The van der Waals surface area contributed by atoms with Crippen LogP contribution < -0.4 is 29.0 Å². The predicted octanol–water partition coefficient (Wildman–Crippen LogP) is 4.17. The fourth-order valence-electron chi connectivity index (χ4n) is 5.94. The van der Waals surface area contributed by atoms with Crippen LogP contribution in [0.5, 0.6) is 28.7 Å². The average Bonchev–Trinajstić information content (AvgIpc) is 3.79. The lowest BCUT2D eigenvalue weighted by Crippen LogP contribution is -2.37. The summed E-state index contributed by atoms with van der Waals surface area (Å²) in [6, 6.07) is 10.8. The van der Waals surface area contributed by atoms with Gasteiger partial charge in [-0.1, -0.05) is 5.10 Å². The summed E-state index contributed by atoms with van der Waals surface area (Å²) in [5, 5.41) is 11.6. The number of nitrogens with zero attached hydrogens (tertiary/aromatic N) is 2. The Morgan fingerprint density at radius 1 is 0.925 bits per heavy atom. The number of methoxy groups -OCH3 is 3. The number of nitrogens with one attached hydrogen (secondary N) is 1. The van der Waals surface area contributed by atoms with Gasteiger partial charge in [0.05, 0.1) is 46.2 Å². The van der Waals surface area contributed by atoms with Crippen molar-refractivity contribution in [2.24, 2.45) is 11.8 Å². The molecule has 7 rings (SSSR count). The van der Waals surface area contributed by atoms with E-state index in [1.54, 1.807) is 33.5 Å². The fraction of sp³-hybridized carbons (Fsp3) is 0.321. The van der Waals surface area contributed by atoms with Gasteiger partial charge in [-0.2, -0.15) is 0 Å². The minimum atomic E-state index is -0.541. The van der Waals surface area contributed by atoms with E-state index in [1.165, 1.54) is 6.26 Å². The van der Waals surface area contributed by atoms with Crippen LogP contribution in [0, 0.1) is 11.8 Å². The van der Waals surface area contributed by atoms with Gasteiger partial charge in [0.1, 0.15) is 0 Å². The number of hydrogen-bond donors (Lipinski definition) is 1. The van der Waals surface area contributed by atoms with Gasteiger partial charge in [0.25, 0.3) is 5.89 Å². The van der Waals surface area contributed by atoms with Crippen LogP contribution in [-0.2, 0) is 9.53 Å². The summed E-state index contributed by atoms with van der Waals surface area (Å²) in [5.41, 5.74) is 2.56. The summed E-state index contributed by atoms with van der Waals surface area (Å²) in [6.45, 7) is 0.311. The molecule has 0 saturated carbocycles. The second-order valence-electron chi connectivity index (χ2n) is 9.60. The van der Waals surface area contributed by atoms with Gasteiger partial charge in [-0.25, -0.2) is 0 Å². The summed E-state index contributed by atoms with van der Waals surface area (Å²) in [6.07, 6.45) is 1.53. The highest BCUT2D eigenvalue weighted by Crippen LogP contribution is 2.56. The Morgan fingerprint density at radius 3 is 2.35 bits per heavy atom. The van der Waals surface area contributed by atoms with E-state index in [0.717, 1.165) is 16.7 Å². The molecule has 2 aliphatic heterocycles. The molecule has 0 amide bonds. The third-order valence-corrected chi connectivity index (χ3v) is 7.67. The quantitative estimate of drug-likeness (QED) is 0.333. The molecule has 4 aromatic rings. The Labute approximate surface area is 228 Å². The van der Waals surface area contributed by atoms with E-state index >= 15 is 0 Å². The Kier molecular flexibility index (Phi) is 5.68. The van der Waals surface area contributed by atoms with Crippen molar-refractivity contribution in [1.82, 2.24) is 10.2 Å². The monoisotopic (exact) mass is 547 g/mol. The first-order chi connectivity index (χ1) is 19.6. The van der Waals surface area contributed by atoms with Crippen LogP contribution in [0.25, 0.3) is 11.7 Å². The summed E-state index contributed by atoms with van der Waals surface area (Å²) in [7, 11) is 4.66. The minimum absolute atomic E-state index is 0.107. The molecule has 2 aromatic heterocycles. The lowest BCUT2D eigenvalue weighted by Gasteiger charge is -2.39. The molecule has 12 heteroatoms. The van der Waals surface area contributed by atoms with Crippen molar-refractivity contribution in [3.05, 3.63) is 59.4 Å². The molecule has 12 nitrogen and oxygen atoms in total. The first-order valence-electron chi connectivity index (χ1n) is 12.6. The number of cyclic esters (lactones) is 1. The van der Waals surface area contributed by atoms with Crippen molar-refractivity contribution >= 4 is 12.0 Å². The lowest BCUT2D eigenvalue weighted by molar-refractivity contribution is -0.141. The van der Waals surface area contributed by atoms with Crippen LogP contribution in [-0.4, -0.2) is 50.9 Å². The molecule has 4 atom stereocenters. The topological polar surface area (TPSA) is 137 Å². The number of carbonyl (C=O) groups is 1. The number of aromatic nitrogens is 2. The molecular weight excluding hydrogens is 522 g/mol. The van der Waals surface area contributed by atoms with Crippen molar-refractivity contribution < 1.29 is 42.1 Å². The number of rotatable bonds is 7. The maximum Gasteiger partial charge on any atom is 0.316 e. The zero-order valence-corrected chi connectivity index (χ0v) is 21.8. The minimum Gasteiger partial charge on any atom is -0.493 e. The zero-order chi connectivity index (χ0) is 27.4. The van der Waals surface area contributed by atoms with E-state index < -0.39 is 17.9 Å². The maximum atomic E-state index is 13.4. The molecule has 1 N–H and O–H groups in total. The maximum absolute atomic E-state index is 13.4. The first-order valence-corrected chi connectivity index (χ1v) is 12.6. The van der Waals surface area contributed by atoms with E-state index in [2.05, 4.69) is 15.5 Å². The van der Waals surface area contributed by atoms with Gasteiger partial charge in [0.2, 0.25) is 12.5 Å². The van der Waals surface area contributed by atoms with Crippen molar-refractivity contribution in [3.63, 3.8) is 0 Å². The van der Waals surface area contributed by atoms with Crippen LogP contribution in [0.3, 0.4) is 0 Å². The SMILES string of the molecule is COc1cc([C@@H]2c3cc4c(cc3[C@@H](Nc3nnc(-c5ccco5)o3)[C@H]3COC(=O)[C@H]23)OCO4)cc(OC)c1OC. The fourth-order valence-corrected chi connectivity index (χ4v) is 5.94. The van der Waals surface area contributed by atoms with Crippen molar-refractivity contribution in [3.8, 4) is 40.4 Å². The van der Waals surface area contributed by atoms with E-state index in [9.17, 15) is 4.79 Å². The van der Waals surface area contributed by atoms with Gasteiger partial charge in [0, 0.05) is 11.8 Å². The van der Waals surface area contributed by atoms with Crippen LogP contribution in [0.15, 0.2) is 51.5 Å². The molecule has 40 heavy (non-hydrogen) atoms. The number of esters is 1. The highest BCUT2D eigenvalue weighted by molar-refractivity contribution is 5.79. The molecule has 0 radical (unpaired) electrons. The van der Waals surface area contributed by atoms with Gasteiger partial charge in [-0.3, -0.25) is 4.79 Å². The van der Waals surface area contributed by atoms with E-state index in [4.69, 9.17) is 37.3 Å². The first kappa shape index (κ1) is 24.2. The van der Waals surface area contributed by atoms with E-state index in [-0.39, 0.29) is 37.2 Å². The molecule has 2 aromatic carbocycles. The molecular formula is C28H25N3O9. The lowest BCUT2D eigenvalue weighted by atomic mass is 9.65. The van der Waals surface area contributed by atoms with Crippen molar-refractivity contribution in [1.29, 1.82) is 0 Å². The number of hydrogen-bond acceptors (Lipinski definition) is 12. The number of benzene rings is 2. The number of carbonyl (C=O) groups excluding carboxylic acids is 1. The van der Waals surface area contributed by atoms with Gasteiger partial charge in [-0.15, -0.1) is 5.10 Å². The smallest absolute Gasteiger partial charge is 0.316 e.